The van der Waals surface area contributed by atoms with Gasteiger partial charge in [0.2, 0.25) is 11.8 Å². The fraction of sp³-hybridized carbons (Fsp3) is 0.417. The molecule has 0 unspecified atom stereocenters. The first-order valence-corrected chi connectivity index (χ1v) is 11.9. The fourth-order valence-electron chi connectivity index (χ4n) is 3.03. The van der Waals surface area contributed by atoms with Crippen LogP contribution in [0.15, 0.2) is 53.4 Å². The van der Waals surface area contributed by atoms with E-state index >= 15 is 0 Å². The monoisotopic (exact) mass is 462 g/mol. The molecule has 2 rings (SSSR count). The lowest BCUT2D eigenvalue weighted by molar-refractivity contribution is -0.140. The molecule has 168 valence electrons. The number of hydrogen-bond acceptors (Lipinski definition) is 4. The molecular formula is C24H31ClN2O3S. The lowest BCUT2D eigenvalue weighted by Gasteiger charge is -2.29. The Hall–Kier alpha value is -2.18. The molecule has 0 heterocycles. The molecule has 0 saturated carbocycles. The van der Waals surface area contributed by atoms with E-state index in [1.54, 1.807) is 30.7 Å². The molecule has 0 aliphatic heterocycles. The van der Waals surface area contributed by atoms with Crippen LogP contribution in [-0.2, 0) is 16.1 Å². The van der Waals surface area contributed by atoms with Gasteiger partial charge in [-0.15, -0.1) is 11.8 Å². The molecule has 31 heavy (non-hydrogen) atoms. The molecule has 2 amide bonds. The van der Waals surface area contributed by atoms with Gasteiger partial charge in [-0.3, -0.25) is 9.59 Å². The highest BCUT2D eigenvalue weighted by Gasteiger charge is 2.25. The summed E-state index contributed by atoms with van der Waals surface area (Å²) in [5.41, 5.74) is 0.929. The van der Waals surface area contributed by atoms with Gasteiger partial charge in [-0.2, -0.15) is 0 Å². The number of hydrogen-bond donors (Lipinski definition) is 1. The number of amides is 2. The molecule has 0 aliphatic rings. The molecule has 7 heteroatoms. The van der Waals surface area contributed by atoms with E-state index in [-0.39, 0.29) is 11.8 Å². The molecule has 0 aromatic heterocycles. The van der Waals surface area contributed by atoms with Crippen LogP contribution in [0.5, 0.6) is 5.75 Å². The van der Waals surface area contributed by atoms with Crippen LogP contribution in [0.3, 0.4) is 0 Å². The van der Waals surface area contributed by atoms with Crippen molar-refractivity contribution in [3.63, 3.8) is 0 Å². The van der Waals surface area contributed by atoms with Gasteiger partial charge in [0.15, 0.2) is 0 Å². The van der Waals surface area contributed by atoms with Crippen molar-refractivity contribution in [1.82, 2.24) is 10.2 Å². The van der Waals surface area contributed by atoms with Crippen molar-refractivity contribution in [3.05, 3.63) is 59.1 Å². The van der Waals surface area contributed by atoms with E-state index in [4.69, 9.17) is 16.3 Å². The van der Waals surface area contributed by atoms with Crippen molar-refractivity contribution in [2.24, 2.45) is 0 Å². The first-order chi connectivity index (χ1) is 14.9. The summed E-state index contributed by atoms with van der Waals surface area (Å²) in [6.45, 7) is 4.75. The van der Waals surface area contributed by atoms with Crippen molar-refractivity contribution in [3.8, 4) is 5.75 Å². The van der Waals surface area contributed by atoms with Gasteiger partial charge in [-0.1, -0.05) is 30.7 Å². The third kappa shape index (κ3) is 8.46. The maximum Gasteiger partial charge on any atom is 0.242 e. The molecule has 2 aromatic rings. The van der Waals surface area contributed by atoms with E-state index in [0.717, 1.165) is 34.8 Å². The molecule has 0 radical (unpaired) electrons. The minimum Gasteiger partial charge on any atom is -0.497 e. The molecule has 0 bridgehead atoms. The Labute approximate surface area is 194 Å². The summed E-state index contributed by atoms with van der Waals surface area (Å²) in [5, 5.41) is 3.61. The highest BCUT2D eigenvalue weighted by atomic mass is 35.5. The zero-order valence-corrected chi connectivity index (χ0v) is 20.0. The standard InChI is InChI=1S/C24H31ClN2O3S/c1-4-14-26-24(29)18(2)27(17-19-7-5-8-21(16-19)30-3)23(28)9-6-15-31-22-12-10-20(25)11-13-22/h5,7-8,10-13,16,18H,4,6,9,14-15,17H2,1-3H3,(H,26,29)/t18-/m0/s1. The average Bonchev–Trinajstić information content (AvgIpc) is 2.79. The highest BCUT2D eigenvalue weighted by Crippen LogP contribution is 2.22. The van der Waals surface area contributed by atoms with E-state index in [1.807, 2.05) is 55.5 Å². The second kappa shape index (κ2) is 13.3. The van der Waals surface area contributed by atoms with Gasteiger partial charge in [0.05, 0.1) is 7.11 Å². The molecule has 5 nitrogen and oxygen atoms in total. The van der Waals surface area contributed by atoms with Crippen LogP contribution in [-0.4, -0.2) is 42.2 Å². The second-order valence-corrected chi connectivity index (χ2v) is 8.85. The third-order valence-corrected chi connectivity index (χ3v) is 6.17. The summed E-state index contributed by atoms with van der Waals surface area (Å²) in [6.07, 6.45) is 1.96. The molecule has 0 fully saturated rings. The van der Waals surface area contributed by atoms with Crippen molar-refractivity contribution < 1.29 is 14.3 Å². The van der Waals surface area contributed by atoms with Crippen molar-refractivity contribution >= 4 is 35.2 Å². The van der Waals surface area contributed by atoms with Crippen molar-refractivity contribution in [1.29, 1.82) is 0 Å². The average molecular weight is 463 g/mol. The van der Waals surface area contributed by atoms with Crippen LogP contribution in [0.1, 0.15) is 38.7 Å². The van der Waals surface area contributed by atoms with E-state index in [9.17, 15) is 9.59 Å². The predicted molar refractivity (Wildman–Crippen MR) is 128 cm³/mol. The van der Waals surface area contributed by atoms with Gasteiger partial charge in [0.1, 0.15) is 11.8 Å². The van der Waals surface area contributed by atoms with Crippen LogP contribution in [0.25, 0.3) is 0 Å². The van der Waals surface area contributed by atoms with Crippen LogP contribution >= 0.6 is 23.4 Å². The number of thioether (sulfide) groups is 1. The molecule has 0 aliphatic carbocycles. The Balaban J connectivity index is 2.00. The molecule has 1 atom stereocenters. The first-order valence-electron chi connectivity index (χ1n) is 10.5. The smallest absolute Gasteiger partial charge is 0.242 e. The van der Waals surface area contributed by atoms with Gasteiger partial charge in [-0.25, -0.2) is 0 Å². The Kier molecular flexibility index (Phi) is 10.7. The quantitative estimate of drug-likeness (QED) is 0.349. The number of benzene rings is 2. The summed E-state index contributed by atoms with van der Waals surface area (Å²) in [4.78, 5) is 28.4. The Morgan fingerprint density at radius 3 is 2.61 bits per heavy atom. The minimum atomic E-state index is -0.547. The number of nitrogens with one attached hydrogen (secondary N) is 1. The molecule has 1 N–H and O–H groups in total. The zero-order valence-electron chi connectivity index (χ0n) is 18.4. The fourth-order valence-corrected chi connectivity index (χ4v) is 4.01. The number of carbonyl (C=O) groups is 2. The first kappa shape index (κ1) is 25.1. The molecule has 0 spiro atoms. The lowest BCUT2D eigenvalue weighted by atomic mass is 10.1. The normalized spacial score (nSPS) is 11.6. The van der Waals surface area contributed by atoms with Gasteiger partial charge in [0.25, 0.3) is 0 Å². The van der Waals surface area contributed by atoms with Gasteiger partial charge in [0, 0.05) is 29.4 Å². The van der Waals surface area contributed by atoms with Crippen molar-refractivity contribution in [2.75, 3.05) is 19.4 Å². The molecule has 0 saturated heterocycles. The number of carbonyl (C=O) groups excluding carboxylic acids is 2. The van der Waals surface area contributed by atoms with Crippen molar-refractivity contribution in [2.45, 2.75) is 50.6 Å². The number of rotatable bonds is 12. The molecular weight excluding hydrogens is 432 g/mol. The summed E-state index contributed by atoms with van der Waals surface area (Å²) >= 11 is 7.61. The number of methoxy groups -OCH3 is 1. The Morgan fingerprint density at radius 2 is 1.94 bits per heavy atom. The summed E-state index contributed by atoms with van der Waals surface area (Å²) < 4.78 is 5.29. The maximum atomic E-state index is 13.1. The van der Waals surface area contributed by atoms with Crippen LogP contribution in [0.2, 0.25) is 5.02 Å². The summed E-state index contributed by atoms with van der Waals surface area (Å²) in [5.74, 6) is 1.39. The molecule has 2 aromatic carbocycles. The number of ether oxygens (including phenoxy) is 1. The largest absolute Gasteiger partial charge is 0.497 e. The predicted octanol–water partition coefficient (Wildman–Crippen LogP) is 5.16. The van der Waals surface area contributed by atoms with E-state index in [1.165, 1.54) is 0 Å². The third-order valence-electron chi connectivity index (χ3n) is 4.82. The van der Waals surface area contributed by atoms with Gasteiger partial charge in [-0.05, 0) is 67.5 Å². The topological polar surface area (TPSA) is 58.6 Å². The number of nitrogens with zero attached hydrogens (tertiary/aromatic N) is 1. The van der Waals surface area contributed by atoms with E-state index in [0.29, 0.717) is 24.5 Å². The van der Waals surface area contributed by atoms with Crippen LogP contribution < -0.4 is 10.1 Å². The lowest BCUT2D eigenvalue weighted by Crippen LogP contribution is -2.47. The van der Waals surface area contributed by atoms with Crippen LogP contribution in [0, 0.1) is 0 Å². The van der Waals surface area contributed by atoms with Gasteiger partial charge < -0.3 is 15.0 Å². The maximum absolute atomic E-state index is 13.1. The minimum absolute atomic E-state index is 0.0290. The number of halogens is 1. The van der Waals surface area contributed by atoms with Gasteiger partial charge >= 0.3 is 0 Å². The zero-order chi connectivity index (χ0) is 22.6. The Morgan fingerprint density at radius 1 is 1.19 bits per heavy atom. The van der Waals surface area contributed by atoms with Crippen LogP contribution in [0.4, 0.5) is 0 Å². The summed E-state index contributed by atoms with van der Waals surface area (Å²) in [6, 6.07) is 14.7. The highest BCUT2D eigenvalue weighted by molar-refractivity contribution is 7.99. The summed E-state index contributed by atoms with van der Waals surface area (Å²) in [7, 11) is 1.61. The SMILES string of the molecule is CCCNC(=O)[C@H](C)N(Cc1cccc(OC)c1)C(=O)CCCSc1ccc(Cl)cc1. The van der Waals surface area contributed by atoms with E-state index < -0.39 is 6.04 Å². The Bertz CT molecular complexity index is 845. The van der Waals surface area contributed by atoms with E-state index in [2.05, 4.69) is 5.32 Å². The second-order valence-electron chi connectivity index (χ2n) is 7.25.